The Morgan fingerprint density at radius 3 is 1.85 bits per heavy atom. The lowest BCUT2D eigenvalue weighted by molar-refractivity contribution is 0.619. The van der Waals surface area contributed by atoms with E-state index in [0.29, 0.717) is 5.89 Å². The minimum Gasteiger partial charge on any atom is -0.456 e. The van der Waals surface area contributed by atoms with E-state index in [0.717, 1.165) is 78.0 Å². The number of rotatable bonds is 6. The predicted molar refractivity (Wildman–Crippen MR) is 221 cm³/mol. The van der Waals surface area contributed by atoms with Crippen molar-refractivity contribution in [1.29, 1.82) is 0 Å². The van der Waals surface area contributed by atoms with E-state index in [1.165, 1.54) is 16.3 Å². The molecule has 254 valence electrons. The molecule has 0 atom stereocenters. The van der Waals surface area contributed by atoms with Gasteiger partial charge in [-0.15, -0.1) is 0 Å². The maximum atomic E-state index is 6.61. The summed E-state index contributed by atoms with van der Waals surface area (Å²) in [5.74, 6) is 0.594. The number of para-hydroxylation sites is 2. The van der Waals surface area contributed by atoms with E-state index < -0.39 is 0 Å². The van der Waals surface area contributed by atoms with E-state index in [9.17, 15) is 0 Å². The first-order valence-electron chi connectivity index (χ1n) is 18.1. The zero-order valence-electron chi connectivity index (χ0n) is 29.1. The summed E-state index contributed by atoms with van der Waals surface area (Å²) in [6.45, 7) is 0. The Labute approximate surface area is 310 Å². The predicted octanol–water partition coefficient (Wildman–Crippen LogP) is 13.6. The number of nitrogens with zero attached hydrogens (tertiary/aromatic N) is 3. The molecule has 0 aliphatic carbocycles. The lowest BCUT2D eigenvalue weighted by Crippen LogP contribution is -2.10. The van der Waals surface area contributed by atoms with Crippen LogP contribution in [0.4, 0.5) is 17.1 Å². The highest BCUT2D eigenvalue weighted by molar-refractivity contribution is 6.17. The molecular weight excluding hydrogens is 663 g/mol. The average Bonchev–Trinajstić information content (AvgIpc) is 3.93. The molecule has 3 heterocycles. The minimum atomic E-state index is 0.594. The second kappa shape index (κ2) is 12.1. The third-order valence-corrected chi connectivity index (χ3v) is 10.4. The van der Waals surface area contributed by atoms with Gasteiger partial charge in [0.15, 0.2) is 5.58 Å². The maximum Gasteiger partial charge on any atom is 0.227 e. The number of fused-ring (bicyclic) bond motifs is 8. The van der Waals surface area contributed by atoms with Crippen molar-refractivity contribution >= 4 is 71.9 Å². The number of oxazole rings is 1. The van der Waals surface area contributed by atoms with Crippen molar-refractivity contribution < 1.29 is 8.83 Å². The molecule has 0 radical (unpaired) electrons. The average molecular weight is 694 g/mol. The van der Waals surface area contributed by atoms with Crippen molar-refractivity contribution in [2.75, 3.05) is 4.90 Å². The molecule has 8 aromatic carbocycles. The Balaban J connectivity index is 1.13. The fourth-order valence-corrected chi connectivity index (χ4v) is 7.94. The SMILES string of the molecule is c1ccc(-c2cccc(N(c3ccc4c(c3)oc3ccc5oc(-c6ccccc6)nc5c34)c3ccc4c5ccccc5n(-c5ccccc5)c4c3)c2)cc1. The molecular formula is C49H31N3O2. The Morgan fingerprint density at radius 1 is 0.407 bits per heavy atom. The third-order valence-electron chi connectivity index (χ3n) is 10.4. The zero-order valence-corrected chi connectivity index (χ0v) is 29.1. The smallest absolute Gasteiger partial charge is 0.227 e. The summed E-state index contributed by atoms with van der Waals surface area (Å²) in [5, 5.41) is 4.37. The highest BCUT2D eigenvalue weighted by atomic mass is 16.4. The first-order chi connectivity index (χ1) is 26.8. The fourth-order valence-electron chi connectivity index (χ4n) is 7.94. The Kier molecular flexibility index (Phi) is 6.79. The Bertz CT molecular complexity index is 3160. The standard InChI is InChI=1S/C49H31N3O2/c1-4-13-32(14-5-1)34-17-12-20-36(29-34)51(37-23-25-40-39-21-10-11-22-42(39)52(43(40)30-37)35-18-8-3-9-19-35)38-24-26-41-46(31-38)53-44-27-28-45-48(47(41)44)50-49(54-45)33-15-6-2-7-16-33/h1-31H. The van der Waals surface area contributed by atoms with Crippen LogP contribution in [0.5, 0.6) is 0 Å². The van der Waals surface area contributed by atoms with Gasteiger partial charge >= 0.3 is 0 Å². The fraction of sp³-hybridized carbons (Fsp3) is 0. The molecule has 0 aliphatic rings. The number of benzene rings is 8. The molecule has 0 bridgehead atoms. The number of hydrogen-bond acceptors (Lipinski definition) is 4. The van der Waals surface area contributed by atoms with Gasteiger partial charge in [-0.2, -0.15) is 0 Å². The van der Waals surface area contributed by atoms with Crippen molar-refractivity contribution in [2.24, 2.45) is 0 Å². The topological polar surface area (TPSA) is 47.3 Å². The zero-order chi connectivity index (χ0) is 35.6. The molecule has 11 aromatic rings. The van der Waals surface area contributed by atoms with E-state index >= 15 is 0 Å². The third kappa shape index (κ3) is 4.83. The van der Waals surface area contributed by atoms with Crippen LogP contribution < -0.4 is 4.90 Å². The molecule has 0 N–H and O–H groups in total. The molecule has 54 heavy (non-hydrogen) atoms. The van der Waals surface area contributed by atoms with Crippen LogP contribution in [0.3, 0.4) is 0 Å². The first-order valence-corrected chi connectivity index (χ1v) is 18.1. The van der Waals surface area contributed by atoms with E-state index in [1.54, 1.807) is 0 Å². The normalized spacial score (nSPS) is 11.7. The first kappa shape index (κ1) is 30.3. The van der Waals surface area contributed by atoms with Gasteiger partial charge in [0.05, 0.1) is 16.4 Å². The van der Waals surface area contributed by atoms with Crippen molar-refractivity contribution in [2.45, 2.75) is 0 Å². The van der Waals surface area contributed by atoms with Gasteiger partial charge in [0.2, 0.25) is 5.89 Å². The van der Waals surface area contributed by atoms with Crippen LogP contribution in [0.25, 0.3) is 83.1 Å². The maximum absolute atomic E-state index is 6.61. The van der Waals surface area contributed by atoms with Crippen LogP contribution >= 0.6 is 0 Å². The minimum absolute atomic E-state index is 0.594. The van der Waals surface area contributed by atoms with Gasteiger partial charge in [-0.05, 0) is 90.0 Å². The van der Waals surface area contributed by atoms with Crippen LogP contribution in [0, 0.1) is 0 Å². The summed E-state index contributed by atoms with van der Waals surface area (Å²) in [5.41, 5.74) is 12.8. The highest BCUT2D eigenvalue weighted by Crippen LogP contribution is 2.43. The van der Waals surface area contributed by atoms with Crippen LogP contribution in [0.1, 0.15) is 0 Å². The van der Waals surface area contributed by atoms with Crippen molar-refractivity contribution in [1.82, 2.24) is 9.55 Å². The number of anilines is 3. The monoisotopic (exact) mass is 693 g/mol. The van der Waals surface area contributed by atoms with Gasteiger partial charge in [0.1, 0.15) is 16.7 Å². The number of furan rings is 1. The van der Waals surface area contributed by atoms with Gasteiger partial charge in [-0.3, -0.25) is 0 Å². The molecule has 0 spiro atoms. The van der Waals surface area contributed by atoms with E-state index in [2.05, 4.69) is 155 Å². The molecule has 11 rings (SSSR count). The van der Waals surface area contributed by atoms with Crippen LogP contribution in [-0.2, 0) is 0 Å². The summed E-state index contributed by atoms with van der Waals surface area (Å²) in [4.78, 5) is 7.29. The number of hydrogen-bond donors (Lipinski definition) is 0. The van der Waals surface area contributed by atoms with Gasteiger partial charge in [-0.25, -0.2) is 4.98 Å². The molecule has 0 saturated heterocycles. The Hall–Kier alpha value is -7.37. The van der Waals surface area contributed by atoms with Crippen molar-refractivity contribution in [3.8, 4) is 28.3 Å². The summed E-state index contributed by atoms with van der Waals surface area (Å²) in [7, 11) is 0. The van der Waals surface area contributed by atoms with E-state index in [1.807, 2.05) is 42.5 Å². The molecule has 5 heteroatoms. The summed E-state index contributed by atoms with van der Waals surface area (Å²) >= 11 is 0. The molecule has 0 unspecified atom stereocenters. The molecule has 0 amide bonds. The molecule has 0 saturated carbocycles. The summed E-state index contributed by atoms with van der Waals surface area (Å²) < 4.78 is 15.2. The van der Waals surface area contributed by atoms with Gasteiger partial charge < -0.3 is 18.3 Å². The molecule has 5 nitrogen and oxygen atoms in total. The summed E-state index contributed by atoms with van der Waals surface area (Å²) in [6.07, 6.45) is 0. The summed E-state index contributed by atoms with van der Waals surface area (Å²) in [6, 6.07) is 65.7. The highest BCUT2D eigenvalue weighted by Gasteiger charge is 2.21. The molecule has 3 aromatic heterocycles. The second-order valence-corrected chi connectivity index (χ2v) is 13.6. The van der Waals surface area contributed by atoms with Crippen LogP contribution in [0.15, 0.2) is 197 Å². The quantitative estimate of drug-likeness (QED) is 0.174. The second-order valence-electron chi connectivity index (χ2n) is 13.6. The van der Waals surface area contributed by atoms with Crippen LogP contribution in [-0.4, -0.2) is 9.55 Å². The van der Waals surface area contributed by atoms with Crippen molar-refractivity contribution in [3.05, 3.63) is 188 Å². The lowest BCUT2D eigenvalue weighted by Gasteiger charge is -2.26. The number of aromatic nitrogens is 2. The van der Waals surface area contributed by atoms with E-state index in [4.69, 9.17) is 13.8 Å². The largest absolute Gasteiger partial charge is 0.456 e. The molecule has 0 fully saturated rings. The Morgan fingerprint density at radius 2 is 1.04 bits per heavy atom. The lowest BCUT2D eigenvalue weighted by atomic mass is 10.0. The van der Waals surface area contributed by atoms with E-state index in [-0.39, 0.29) is 0 Å². The van der Waals surface area contributed by atoms with Gasteiger partial charge in [-0.1, -0.05) is 103 Å². The van der Waals surface area contributed by atoms with Crippen molar-refractivity contribution in [3.63, 3.8) is 0 Å². The van der Waals surface area contributed by atoms with Crippen LogP contribution in [0.2, 0.25) is 0 Å². The molecule has 0 aliphatic heterocycles. The van der Waals surface area contributed by atoms with Gasteiger partial charge in [0.25, 0.3) is 0 Å². The van der Waals surface area contributed by atoms with Gasteiger partial charge in [0, 0.05) is 50.5 Å².